The van der Waals surface area contributed by atoms with Gasteiger partial charge in [-0.15, -0.1) is 0 Å². The van der Waals surface area contributed by atoms with Crippen LogP contribution < -0.4 is 10.6 Å². The van der Waals surface area contributed by atoms with Crippen LogP contribution in [0.15, 0.2) is 11.6 Å². The van der Waals surface area contributed by atoms with E-state index in [1.165, 1.54) is 13.0 Å². The van der Waals surface area contributed by atoms with Gasteiger partial charge in [-0.2, -0.15) is 0 Å². The number of hydrogen-bond donors (Lipinski definition) is 5. The highest BCUT2D eigenvalue weighted by molar-refractivity contribution is 5.93. The van der Waals surface area contributed by atoms with Crippen LogP contribution in [0.1, 0.15) is 59.8 Å². The molecule has 0 saturated carbocycles. The van der Waals surface area contributed by atoms with E-state index < -0.39 is 66.4 Å². The minimum atomic E-state index is -2.75. The lowest BCUT2D eigenvalue weighted by Crippen LogP contribution is -2.62. The molecule has 12 nitrogen and oxygen atoms in total. The van der Waals surface area contributed by atoms with Gasteiger partial charge in [-0.25, -0.2) is 4.79 Å². The van der Waals surface area contributed by atoms with Crippen LogP contribution in [-0.2, 0) is 33.4 Å². The number of amides is 2. The van der Waals surface area contributed by atoms with Gasteiger partial charge in [0, 0.05) is 18.9 Å². The Morgan fingerprint density at radius 2 is 1.62 bits per heavy atom. The molecule has 1 rings (SSSR count). The second-order valence-corrected chi connectivity index (χ2v) is 8.13. The van der Waals surface area contributed by atoms with Gasteiger partial charge in [0.25, 0.3) is 5.91 Å². The van der Waals surface area contributed by atoms with Gasteiger partial charge in [0.2, 0.25) is 5.91 Å². The largest absolute Gasteiger partial charge is 0.481 e. The van der Waals surface area contributed by atoms with Gasteiger partial charge in [0.1, 0.15) is 0 Å². The second-order valence-electron chi connectivity index (χ2n) is 8.13. The fraction of sp³-hybridized carbons (Fsp3) is 0.682. The van der Waals surface area contributed by atoms with Crippen molar-refractivity contribution in [2.75, 3.05) is 6.61 Å². The molecule has 0 aromatic heterocycles. The van der Waals surface area contributed by atoms with Crippen molar-refractivity contribution in [2.24, 2.45) is 0 Å². The summed E-state index contributed by atoms with van der Waals surface area (Å²) in [5.41, 5.74) is -2.60. The van der Waals surface area contributed by atoms with Crippen LogP contribution in [0.3, 0.4) is 0 Å². The molecule has 1 aliphatic carbocycles. The number of aliphatic hydroxyl groups is 1. The molecule has 0 aliphatic heterocycles. The molecule has 192 valence electrons. The smallest absolute Gasteiger partial charge is 0.333 e. The third-order valence-corrected chi connectivity index (χ3v) is 5.39. The standard InChI is InChI=1S/C22H34N2O10/c1-5-14(6-2)34-16-9-13(20(30)33-7-3)8-15(19(16)23-12(4)25)24-21(31)22(32,10-17(26)27)11-18(28)29/h9,14-16,19,32H,5-8,10-11H2,1-4H3,(H,23,25)(H,24,31)(H,26,27)(H,28,29)/t15-,16+,19+/m0/s1. The summed E-state index contributed by atoms with van der Waals surface area (Å²) < 4.78 is 11.1. The summed E-state index contributed by atoms with van der Waals surface area (Å²) in [4.78, 5) is 59.6. The van der Waals surface area contributed by atoms with Gasteiger partial charge in [-0.05, 0) is 25.8 Å². The molecule has 0 aromatic rings. The summed E-state index contributed by atoms with van der Waals surface area (Å²) in [7, 11) is 0. The number of rotatable bonds is 13. The monoisotopic (exact) mass is 486 g/mol. The Kier molecular flexibility index (Phi) is 11.1. The molecule has 0 saturated heterocycles. The molecule has 0 heterocycles. The zero-order valence-corrected chi connectivity index (χ0v) is 19.8. The summed E-state index contributed by atoms with van der Waals surface area (Å²) >= 11 is 0. The maximum atomic E-state index is 12.9. The van der Waals surface area contributed by atoms with Crippen molar-refractivity contribution in [1.82, 2.24) is 10.6 Å². The van der Waals surface area contributed by atoms with Crippen LogP contribution in [0.25, 0.3) is 0 Å². The maximum absolute atomic E-state index is 12.9. The molecule has 0 bridgehead atoms. The zero-order chi connectivity index (χ0) is 26.1. The van der Waals surface area contributed by atoms with E-state index in [1.807, 2.05) is 13.8 Å². The Labute approximate surface area is 197 Å². The van der Waals surface area contributed by atoms with E-state index in [-0.39, 0.29) is 24.7 Å². The van der Waals surface area contributed by atoms with Gasteiger partial charge in [0.15, 0.2) is 5.60 Å². The van der Waals surface area contributed by atoms with Gasteiger partial charge in [0.05, 0.1) is 43.7 Å². The lowest BCUT2D eigenvalue weighted by molar-refractivity contribution is -0.159. The maximum Gasteiger partial charge on any atom is 0.333 e. The Morgan fingerprint density at radius 3 is 2.06 bits per heavy atom. The highest BCUT2D eigenvalue weighted by Crippen LogP contribution is 2.26. The Hall–Kier alpha value is -2.99. The molecule has 34 heavy (non-hydrogen) atoms. The van der Waals surface area contributed by atoms with E-state index >= 15 is 0 Å². The van der Waals surface area contributed by atoms with Crippen LogP contribution in [0.5, 0.6) is 0 Å². The molecule has 0 spiro atoms. The SMILES string of the molecule is CCOC(=O)C1=C[C@@H](OC(CC)CC)[C@H](NC(C)=O)[C@@H](NC(=O)C(O)(CC(=O)O)CC(=O)O)C1. The topological polar surface area (TPSA) is 189 Å². The van der Waals surface area contributed by atoms with Crippen molar-refractivity contribution in [1.29, 1.82) is 0 Å². The van der Waals surface area contributed by atoms with E-state index in [4.69, 9.17) is 19.7 Å². The minimum absolute atomic E-state index is 0.0946. The van der Waals surface area contributed by atoms with E-state index in [9.17, 15) is 29.1 Å². The van der Waals surface area contributed by atoms with Crippen molar-refractivity contribution >= 4 is 29.7 Å². The molecular formula is C22H34N2O10. The number of carboxylic acids is 2. The lowest BCUT2D eigenvalue weighted by Gasteiger charge is -2.39. The van der Waals surface area contributed by atoms with E-state index in [0.717, 1.165) is 0 Å². The summed E-state index contributed by atoms with van der Waals surface area (Å²) in [6.45, 7) is 6.77. The highest BCUT2D eigenvalue weighted by Gasteiger charge is 2.45. The first-order chi connectivity index (χ1) is 15.9. The van der Waals surface area contributed by atoms with Gasteiger partial charge < -0.3 is 35.4 Å². The normalized spacial score (nSPS) is 20.3. The predicted molar refractivity (Wildman–Crippen MR) is 118 cm³/mol. The van der Waals surface area contributed by atoms with Crippen molar-refractivity contribution in [3.63, 3.8) is 0 Å². The first-order valence-electron chi connectivity index (χ1n) is 11.1. The van der Waals surface area contributed by atoms with Gasteiger partial charge >= 0.3 is 17.9 Å². The Bertz CT molecular complexity index is 790. The van der Waals surface area contributed by atoms with Crippen LogP contribution in [-0.4, -0.2) is 81.5 Å². The number of carbonyl (C=O) groups excluding carboxylic acids is 3. The zero-order valence-electron chi connectivity index (χ0n) is 19.8. The fourth-order valence-corrected chi connectivity index (χ4v) is 3.75. The van der Waals surface area contributed by atoms with Crippen LogP contribution in [0.4, 0.5) is 0 Å². The Balaban J connectivity index is 3.39. The number of esters is 1. The summed E-state index contributed by atoms with van der Waals surface area (Å²) in [5, 5.41) is 33.8. The first-order valence-corrected chi connectivity index (χ1v) is 11.1. The second kappa shape index (κ2) is 13.0. The first kappa shape index (κ1) is 29.0. The van der Waals surface area contributed by atoms with Crippen molar-refractivity contribution in [3.8, 4) is 0 Å². The average Bonchev–Trinajstić information content (AvgIpc) is 2.72. The summed E-state index contributed by atoms with van der Waals surface area (Å²) in [5.74, 6) is -5.54. The highest BCUT2D eigenvalue weighted by atomic mass is 16.5. The van der Waals surface area contributed by atoms with Crippen LogP contribution >= 0.6 is 0 Å². The molecule has 2 amide bonds. The van der Waals surface area contributed by atoms with E-state index in [0.29, 0.717) is 12.8 Å². The van der Waals surface area contributed by atoms with Crippen molar-refractivity contribution in [2.45, 2.75) is 89.7 Å². The third-order valence-electron chi connectivity index (χ3n) is 5.39. The van der Waals surface area contributed by atoms with Gasteiger partial charge in [-0.3, -0.25) is 19.2 Å². The van der Waals surface area contributed by atoms with Crippen LogP contribution in [0.2, 0.25) is 0 Å². The molecule has 5 N–H and O–H groups in total. The molecule has 0 fully saturated rings. The minimum Gasteiger partial charge on any atom is -0.481 e. The Morgan fingerprint density at radius 1 is 1.06 bits per heavy atom. The number of ether oxygens (including phenoxy) is 2. The number of hydrogen-bond acceptors (Lipinski definition) is 8. The lowest BCUT2D eigenvalue weighted by atomic mass is 9.86. The molecule has 0 aromatic carbocycles. The molecule has 0 unspecified atom stereocenters. The number of carboxylic acid groups (broad SMARTS) is 2. The molecule has 0 radical (unpaired) electrons. The summed E-state index contributed by atoms with van der Waals surface area (Å²) in [6.07, 6.45) is -0.749. The third kappa shape index (κ3) is 8.41. The molecule has 3 atom stereocenters. The quantitative estimate of drug-likeness (QED) is 0.224. The molecular weight excluding hydrogens is 452 g/mol. The van der Waals surface area contributed by atoms with Crippen molar-refractivity contribution in [3.05, 3.63) is 11.6 Å². The number of nitrogens with one attached hydrogen (secondary N) is 2. The summed E-state index contributed by atoms with van der Waals surface area (Å²) in [6, 6.07) is -1.92. The van der Waals surface area contributed by atoms with Crippen molar-refractivity contribution < 1.29 is 48.8 Å². The average molecular weight is 487 g/mol. The predicted octanol–water partition coefficient (Wildman–Crippen LogP) is 0.123. The fourth-order valence-electron chi connectivity index (χ4n) is 3.75. The van der Waals surface area contributed by atoms with Gasteiger partial charge in [-0.1, -0.05) is 13.8 Å². The van der Waals surface area contributed by atoms with E-state index in [1.54, 1.807) is 6.92 Å². The van der Waals surface area contributed by atoms with E-state index in [2.05, 4.69) is 10.6 Å². The molecule has 1 aliphatic rings. The number of aliphatic carboxylic acids is 2. The molecule has 12 heteroatoms. The van der Waals surface area contributed by atoms with Crippen LogP contribution in [0, 0.1) is 0 Å². The number of carbonyl (C=O) groups is 5.